The van der Waals surface area contributed by atoms with E-state index >= 15 is 0 Å². The fraction of sp³-hybridized carbons (Fsp3) is 0.375. The zero-order valence-electron chi connectivity index (χ0n) is 19.6. The molecule has 1 aromatic heterocycles. The highest BCUT2D eigenvalue weighted by atomic mass is 16.5. The predicted octanol–water partition coefficient (Wildman–Crippen LogP) is 4.33. The number of rotatable bonds is 7. The van der Waals surface area contributed by atoms with Gasteiger partial charge >= 0.3 is 0 Å². The van der Waals surface area contributed by atoms with Crippen molar-refractivity contribution < 1.29 is 23.4 Å². The van der Waals surface area contributed by atoms with Gasteiger partial charge in [0.2, 0.25) is 17.5 Å². The molecule has 0 bridgehead atoms. The van der Waals surface area contributed by atoms with Crippen molar-refractivity contribution in [1.82, 2.24) is 15.1 Å². The molecule has 0 N–H and O–H groups in total. The van der Waals surface area contributed by atoms with E-state index in [9.17, 15) is 4.79 Å². The summed E-state index contributed by atoms with van der Waals surface area (Å²) in [6.07, 6.45) is 0. The summed E-state index contributed by atoms with van der Waals surface area (Å²) in [4.78, 5) is 14.5. The third-order valence-electron chi connectivity index (χ3n) is 5.10. The molecule has 8 nitrogen and oxygen atoms in total. The number of carbonyl (C=O) groups excluding carboxylic acids is 1. The smallest absolute Gasteiger partial charge is 0.254 e. The van der Waals surface area contributed by atoms with Crippen molar-refractivity contribution in [3.8, 4) is 28.7 Å². The molecular weight excluding hydrogens is 410 g/mol. The number of hydrogen-bond acceptors (Lipinski definition) is 7. The van der Waals surface area contributed by atoms with Gasteiger partial charge in [-0.15, -0.1) is 10.2 Å². The molecule has 3 aromatic rings. The Morgan fingerprint density at radius 2 is 1.56 bits per heavy atom. The number of nitrogens with zero attached hydrogens (tertiary/aromatic N) is 3. The second kappa shape index (κ2) is 9.30. The largest absolute Gasteiger partial charge is 0.493 e. The molecule has 1 amide bonds. The van der Waals surface area contributed by atoms with Gasteiger partial charge in [-0.3, -0.25) is 4.79 Å². The summed E-state index contributed by atoms with van der Waals surface area (Å²) < 4.78 is 21.8. The number of amides is 1. The van der Waals surface area contributed by atoms with E-state index in [-0.39, 0.29) is 17.9 Å². The fourth-order valence-corrected chi connectivity index (χ4v) is 3.25. The summed E-state index contributed by atoms with van der Waals surface area (Å²) in [7, 11) is 6.18. The summed E-state index contributed by atoms with van der Waals surface area (Å²) in [5.74, 6) is 1.73. The summed E-state index contributed by atoms with van der Waals surface area (Å²) in [6, 6.07) is 11.2. The monoisotopic (exact) mass is 439 g/mol. The standard InChI is InChI=1S/C24H29N3O5/c1-24(2,3)17-10-8-15(9-11-17)22-26-25-20(32-22)14-27(4)23(28)16-12-18(29-5)21(31-7)19(13-16)30-6/h8-13H,14H2,1-7H3. The minimum absolute atomic E-state index is 0.0639. The average molecular weight is 440 g/mol. The molecule has 32 heavy (non-hydrogen) atoms. The summed E-state index contributed by atoms with van der Waals surface area (Å²) in [6.45, 7) is 6.64. The van der Waals surface area contributed by atoms with Crippen LogP contribution >= 0.6 is 0 Å². The molecule has 0 saturated carbocycles. The quantitative estimate of drug-likeness (QED) is 0.541. The number of ether oxygens (including phenoxy) is 3. The molecule has 0 unspecified atom stereocenters. The van der Waals surface area contributed by atoms with Crippen LogP contribution in [0, 0.1) is 0 Å². The Morgan fingerprint density at radius 3 is 2.06 bits per heavy atom. The van der Waals surface area contributed by atoms with Crippen LogP contribution < -0.4 is 14.2 Å². The number of benzene rings is 2. The van der Waals surface area contributed by atoms with Crippen LogP contribution in [0.1, 0.15) is 42.6 Å². The molecule has 0 saturated heterocycles. The molecule has 0 fully saturated rings. The summed E-state index contributed by atoms with van der Waals surface area (Å²) in [5, 5.41) is 8.22. The Balaban J connectivity index is 1.76. The normalized spacial score (nSPS) is 11.2. The summed E-state index contributed by atoms with van der Waals surface area (Å²) in [5.41, 5.74) is 2.50. The fourth-order valence-electron chi connectivity index (χ4n) is 3.25. The van der Waals surface area contributed by atoms with Gasteiger partial charge in [-0.05, 0) is 35.2 Å². The van der Waals surface area contributed by atoms with Gasteiger partial charge in [0.25, 0.3) is 5.91 Å². The van der Waals surface area contributed by atoms with Crippen LogP contribution in [0.15, 0.2) is 40.8 Å². The topological polar surface area (TPSA) is 86.9 Å². The third kappa shape index (κ3) is 4.85. The zero-order valence-corrected chi connectivity index (χ0v) is 19.6. The van der Waals surface area contributed by atoms with Gasteiger partial charge in [0.15, 0.2) is 11.5 Å². The number of hydrogen-bond donors (Lipinski definition) is 0. The number of carbonyl (C=O) groups is 1. The van der Waals surface area contributed by atoms with Crippen molar-refractivity contribution >= 4 is 5.91 Å². The van der Waals surface area contributed by atoms with Crippen LogP contribution in [0.25, 0.3) is 11.5 Å². The maximum atomic E-state index is 13.0. The van der Waals surface area contributed by atoms with E-state index < -0.39 is 0 Å². The third-order valence-corrected chi connectivity index (χ3v) is 5.10. The van der Waals surface area contributed by atoms with Crippen LogP contribution in [-0.2, 0) is 12.0 Å². The Labute approximate surface area is 188 Å². The molecule has 0 aliphatic carbocycles. The molecule has 0 spiro atoms. The molecule has 2 aromatic carbocycles. The van der Waals surface area contributed by atoms with Crippen molar-refractivity contribution in [3.63, 3.8) is 0 Å². The Hall–Kier alpha value is -3.55. The van der Waals surface area contributed by atoms with E-state index in [0.717, 1.165) is 5.56 Å². The van der Waals surface area contributed by atoms with Gasteiger partial charge in [0.05, 0.1) is 27.9 Å². The molecule has 3 rings (SSSR count). The lowest BCUT2D eigenvalue weighted by atomic mass is 9.87. The van der Waals surface area contributed by atoms with Crippen LogP contribution in [0.3, 0.4) is 0 Å². The lowest BCUT2D eigenvalue weighted by molar-refractivity contribution is 0.0772. The highest BCUT2D eigenvalue weighted by Gasteiger charge is 2.21. The molecule has 0 radical (unpaired) electrons. The van der Waals surface area contributed by atoms with Crippen LogP contribution in [0.2, 0.25) is 0 Å². The van der Waals surface area contributed by atoms with Crippen molar-refractivity contribution in [3.05, 3.63) is 53.4 Å². The van der Waals surface area contributed by atoms with Crippen molar-refractivity contribution in [1.29, 1.82) is 0 Å². The maximum Gasteiger partial charge on any atom is 0.254 e. The molecule has 8 heteroatoms. The van der Waals surface area contributed by atoms with E-state index in [0.29, 0.717) is 34.6 Å². The second-order valence-corrected chi connectivity index (χ2v) is 8.40. The zero-order chi connectivity index (χ0) is 23.5. The van der Waals surface area contributed by atoms with Gasteiger partial charge in [-0.25, -0.2) is 0 Å². The minimum Gasteiger partial charge on any atom is -0.493 e. The molecule has 0 aliphatic rings. The maximum absolute atomic E-state index is 13.0. The first-order chi connectivity index (χ1) is 15.2. The first kappa shape index (κ1) is 23.1. The van der Waals surface area contributed by atoms with Crippen molar-refractivity contribution in [2.75, 3.05) is 28.4 Å². The van der Waals surface area contributed by atoms with Crippen molar-refractivity contribution in [2.24, 2.45) is 0 Å². The average Bonchev–Trinajstić information content (AvgIpc) is 3.25. The van der Waals surface area contributed by atoms with Crippen LogP contribution in [0.5, 0.6) is 17.2 Å². The van der Waals surface area contributed by atoms with Gasteiger partial charge in [-0.1, -0.05) is 32.9 Å². The second-order valence-electron chi connectivity index (χ2n) is 8.40. The lowest BCUT2D eigenvalue weighted by Gasteiger charge is -2.18. The van der Waals surface area contributed by atoms with Gasteiger partial charge in [0.1, 0.15) is 0 Å². The van der Waals surface area contributed by atoms with E-state index in [1.165, 1.54) is 31.8 Å². The Kier molecular flexibility index (Phi) is 6.72. The summed E-state index contributed by atoms with van der Waals surface area (Å²) >= 11 is 0. The van der Waals surface area contributed by atoms with E-state index in [2.05, 4.69) is 43.1 Å². The molecule has 1 heterocycles. The SMILES string of the molecule is COc1cc(C(=O)N(C)Cc2nnc(-c3ccc(C(C)(C)C)cc3)o2)cc(OC)c1OC. The highest BCUT2D eigenvalue weighted by molar-refractivity contribution is 5.95. The molecule has 0 aliphatic heterocycles. The molecule has 170 valence electrons. The number of methoxy groups -OCH3 is 3. The first-order valence-electron chi connectivity index (χ1n) is 10.2. The Morgan fingerprint density at radius 1 is 0.969 bits per heavy atom. The van der Waals surface area contributed by atoms with Crippen LogP contribution in [0.4, 0.5) is 0 Å². The minimum atomic E-state index is -0.251. The van der Waals surface area contributed by atoms with E-state index in [1.54, 1.807) is 19.2 Å². The first-order valence-corrected chi connectivity index (χ1v) is 10.2. The number of aromatic nitrogens is 2. The Bertz CT molecular complexity index is 1060. The van der Waals surface area contributed by atoms with Crippen molar-refractivity contribution in [2.45, 2.75) is 32.7 Å². The van der Waals surface area contributed by atoms with Crippen LogP contribution in [-0.4, -0.2) is 49.4 Å². The van der Waals surface area contributed by atoms with Gasteiger partial charge in [0, 0.05) is 18.2 Å². The van der Waals surface area contributed by atoms with E-state index in [1.807, 2.05) is 12.1 Å². The molecule has 0 atom stereocenters. The van der Waals surface area contributed by atoms with Gasteiger partial charge < -0.3 is 23.5 Å². The lowest BCUT2D eigenvalue weighted by Crippen LogP contribution is -2.26. The molecular formula is C24H29N3O5. The van der Waals surface area contributed by atoms with Gasteiger partial charge in [-0.2, -0.15) is 0 Å². The highest BCUT2D eigenvalue weighted by Crippen LogP contribution is 2.38. The van der Waals surface area contributed by atoms with E-state index in [4.69, 9.17) is 18.6 Å². The predicted molar refractivity (Wildman–Crippen MR) is 120 cm³/mol.